The predicted octanol–water partition coefficient (Wildman–Crippen LogP) is -0.800. The number of amides is 1. The summed E-state index contributed by atoms with van der Waals surface area (Å²) in [5, 5.41) is 8.59. The number of aliphatic carboxylic acids is 1. The van der Waals surface area contributed by atoms with Crippen LogP contribution in [0.1, 0.15) is 13.3 Å². The summed E-state index contributed by atoms with van der Waals surface area (Å²) >= 11 is 0. The van der Waals surface area contributed by atoms with Gasteiger partial charge >= 0.3 is 5.97 Å². The SMILES string of the molecule is CC(CN1CCN(CCC(=O)O)CC1)C(N)=O. The quantitative estimate of drug-likeness (QED) is 0.638. The summed E-state index contributed by atoms with van der Waals surface area (Å²) in [5.41, 5.74) is 5.22. The number of carbonyl (C=O) groups is 2. The van der Waals surface area contributed by atoms with Crippen molar-refractivity contribution < 1.29 is 14.7 Å². The lowest BCUT2D eigenvalue weighted by Crippen LogP contribution is -2.48. The van der Waals surface area contributed by atoms with Crippen molar-refractivity contribution in [3.8, 4) is 0 Å². The summed E-state index contributed by atoms with van der Waals surface area (Å²) < 4.78 is 0. The molecule has 1 amide bonds. The molecule has 0 aromatic rings. The second kappa shape index (κ2) is 6.56. The third-order valence-electron chi connectivity index (χ3n) is 3.12. The fraction of sp³-hybridized carbons (Fsp3) is 0.818. The Hall–Kier alpha value is -1.14. The maximum Gasteiger partial charge on any atom is 0.304 e. The fourth-order valence-electron chi connectivity index (χ4n) is 1.93. The number of nitrogens with zero attached hydrogens (tertiary/aromatic N) is 2. The van der Waals surface area contributed by atoms with Gasteiger partial charge in [0.15, 0.2) is 0 Å². The zero-order valence-electron chi connectivity index (χ0n) is 10.3. The average Bonchev–Trinajstić information content (AvgIpc) is 2.28. The average molecular weight is 243 g/mol. The van der Waals surface area contributed by atoms with Gasteiger partial charge in [-0.25, -0.2) is 0 Å². The number of hydrogen-bond acceptors (Lipinski definition) is 4. The predicted molar refractivity (Wildman–Crippen MR) is 63.5 cm³/mol. The summed E-state index contributed by atoms with van der Waals surface area (Å²) in [5.74, 6) is -1.14. The van der Waals surface area contributed by atoms with Gasteiger partial charge in [-0.15, -0.1) is 0 Å². The van der Waals surface area contributed by atoms with E-state index in [0.717, 1.165) is 26.2 Å². The molecule has 1 rings (SSSR count). The van der Waals surface area contributed by atoms with Gasteiger partial charge in [-0.1, -0.05) is 6.92 Å². The lowest BCUT2D eigenvalue weighted by Gasteiger charge is -2.35. The van der Waals surface area contributed by atoms with Crippen molar-refractivity contribution in [1.82, 2.24) is 9.80 Å². The second-order valence-electron chi connectivity index (χ2n) is 4.59. The maximum absolute atomic E-state index is 10.9. The number of carboxylic acid groups (broad SMARTS) is 1. The van der Waals surface area contributed by atoms with E-state index in [0.29, 0.717) is 13.1 Å². The van der Waals surface area contributed by atoms with Crippen LogP contribution in [-0.2, 0) is 9.59 Å². The summed E-state index contributed by atoms with van der Waals surface area (Å²) in [4.78, 5) is 25.7. The van der Waals surface area contributed by atoms with Crippen LogP contribution in [0.4, 0.5) is 0 Å². The number of nitrogens with two attached hydrogens (primary N) is 1. The Morgan fingerprint density at radius 3 is 2.24 bits per heavy atom. The third kappa shape index (κ3) is 5.14. The minimum Gasteiger partial charge on any atom is -0.481 e. The molecule has 0 aromatic heterocycles. The summed E-state index contributed by atoms with van der Waals surface area (Å²) in [7, 11) is 0. The topological polar surface area (TPSA) is 86.9 Å². The lowest BCUT2D eigenvalue weighted by molar-refractivity contribution is -0.137. The zero-order valence-corrected chi connectivity index (χ0v) is 10.3. The van der Waals surface area contributed by atoms with Gasteiger partial charge < -0.3 is 20.6 Å². The van der Waals surface area contributed by atoms with Crippen molar-refractivity contribution >= 4 is 11.9 Å². The molecule has 0 spiro atoms. The molecular formula is C11H21N3O3. The van der Waals surface area contributed by atoms with Crippen LogP contribution >= 0.6 is 0 Å². The minimum absolute atomic E-state index is 0.124. The van der Waals surface area contributed by atoms with Gasteiger partial charge in [0.1, 0.15) is 0 Å². The molecule has 1 heterocycles. The molecule has 0 aromatic carbocycles. The molecule has 1 aliphatic rings. The van der Waals surface area contributed by atoms with E-state index in [1.54, 1.807) is 0 Å². The highest BCUT2D eigenvalue weighted by molar-refractivity contribution is 5.76. The van der Waals surface area contributed by atoms with Gasteiger partial charge in [0, 0.05) is 45.2 Å². The Kier molecular flexibility index (Phi) is 5.37. The van der Waals surface area contributed by atoms with Crippen LogP contribution in [0.5, 0.6) is 0 Å². The standard InChI is InChI=1S/C11H21N3O3/c1-9(11(12)17)8-14-6-4-13(5-7-14)3-2-10(15)16/h9H,2-8H2,1H3,(H2,12,17)(H,15,16). The van der Waals surface area contributed by atoms with E-state index in [1.165, 1.54) is 0 Å². The largest absolute Gasteiger partial charge is 0.481 e. The minimum atomic E-state index is -0.755. The van der Waals surface area contributed by atoms with Gasteiger partial charge in [0.05, 0.1) is 6.42 Å². The Morgan fingerprint density at radius 2 is 1.76 bits per heavy atom. The Morgan fingerprint density at radius 1 is 1.24 bits per heavy atom. The van der Waals surface area contributed by atoms with E-state index in [-0.39, 0.29) is 18.2 Å². The highest BCUT2D eigenvalue weighted by Gasteiger charge is 2.20. The number of piperazine rings is 1. The molecule has 6 nitrogen and oxygen atoms in total. The van der Waals surface area contributed by atoms with Crippen molar-refractivity contribution in [1.29, 1.82) is 0 Å². The first-order chi connectivity index (χ1) is 7.99. The number of carbonyl (C=O) groups excluding carboxylic acids is 1. The number of primary amides is 1. The molecular weight excluding hydrogens is 222 g/mol. The van der Waals surface area contributed by atoms with Crippen LogP contribution in [0.2, 0.25) is 0 Å². The molecule has 0 bridgehead atoms. The molecule has 3 N–H and O–H groups in total. The highest BCUT2D eigenvalue weighted by atomic mass is 16.4. The van der Waals surface area contributed by atoms with Crippen molar-refractivity contribution in [2.45, 2.75) is 13.3 Å². The maximum atomic E-state index is 10.9. The summed E-state index contributed by atoms with van der Waals surface area (Å²) in [6.07, 6.45) is 0.192. The molecule has 1 aliphatic heterocycles. The molecule has 1 saturated heterocycles. The molecule has 0 radical (unpaired) electrons. The van der Waals surface area contributed by atoms with E-state index in [1.807, 2.05) is 6.92 Å². The van der Waals surface area contributed by atoms with Gasteiger partial charge in [-0.2, -0.15) is 0 Å². The molecule has 17 heavy (non-hydrogen) atoms. The Labute approximate surface area is 101 Å². The van der Waals surface area contributed by atoms with Gasteiger partial charge in [-0.3, -0.25) is 9.59 Å². The number of carboxylic acids is 1. The van der Waals surface area contributed by atoms with Crippen molar-refractivity contribution in [2.24, 2.45) is 11.7 Å². The highest BCUT2D eigenvalue weighted by Crippen LogP contribution is 2.05. The summed E-state index contributed by atoms with van der Waals surface area (Å²) in [6, 6.07) is 0. The Balaban J connectivity index is 2.21. The van der Waals surface area contributed by atoms with Crippen molar-refractivity contribution in [2.75, 3.05) is 39.3 Å². The molecule has 98 valence electrons. The van der Waals surface area contributed by atoms with E-state index < -0.39 is 5.97 Å². The van der Waals surface area contributed by atoms with Crippen LogP contribution in [0.15, 0.2) is 0 Å². The third-order valence-corrected chi connectivity index (χ3v) is 3.12. The van der Waals surface area contributed by atoms with Crippen molar-refractivity contribution in [3.05, 3.63) is 0 Å². The molecule has 1 fully saturated rings. The number of rotatable bonds is 6. The van der Waals surface area contributed by atoms with E-state index in [4.69, 9.17) is 10.8 Å². The Bertz CT molecular complexity index is 275. The van der Waals surface area contributed by atoms with Crippen LogP contribution in [0.25, 0.3) is 0 Å². The fourth-order valence-corrected chi connectivity index (χ4v) is 1.93. The van der Waals surface area contributed by atoms with Crippen molar-refractivity contribution in [3.63, 3.8) is 0 Å². The smallest absolute Gasteiger partial charge is 0.304 e. The normalized spacial score (nSPS) is 20.1. The lowest BCUT2D eigenvalue weighted by atomic mass is 10.1. The molecule has 1 atom stereocenters. The monoisotopic (exact) mass is 243 g/mol. The second-order valence-corrected chi connectivity index (χ2v) is 4.59. The van der Waals surface area contributed by atoms with Gasteiger partial charge in [0.25, 0.3) is 0 Å². The number of hydrogen-bond donors (Lipinski definition) is 2. The van der Waals surface area contributed by atoms with Crippen LogP contribution in [0, 0.1) is 5.92 Å². The molecule has 1 unspecified atom stereocenters. The van der Waals surface area contributed by atoms with Crippen LogP contribution in [-0.4, -0.2) is 66.1 Å². The first-order valence-corrected chi connectivity index (χ1v) is 5.95. The van der Waals surface area contributed by atoms with Crippen LogP contribution in [0.3, 0.4) is 0 Å². The molecule has 0 aliphatic carbocycles. The first kappa shape index (κ1) is 13.9. The zero-order chi connectivity index (χ0) is 12.8. The van der Waals surface area contributed by atoms with E-state index in [2.05, 4.69) is 9.80 Å². The van der Waals surface area contributed by atoms with Crippen LogP contribution < -0.4 is 5.73 Å². The van der Waals surface area contributed by atoms with E-state index >= 15 is 0 Å². The van der Waals surface area contributed by atoms with Gasteiger partial charge in [-0.05, 0) is 0 Å². The van der Waals surface area contributed by atoms with Gasteiger partial charge in [0.2, 0.25) is 5.91 Å². The molecule has 0 saturated carbocycles. The summed E-state index contributed by atoms with van der Waals surface area (Å²) in [6.45, 7) is 6.60. The van der Waals surface area contributed by atoms with E-state index in [9.17, 15) is 9.59 Å². The molecule has 6 heteroatoms. The first-order valence-electron chi connectivity index (χ1n) is 5.95.